The molecule has 1 unspecified atom stereocenters. The zero-order valence-electron chi connectivity index (χ0n) is 11.9. The van der Waals surface area contributed by atoms with E-state index in [1.807, 2.05) is 25.1 Å². The number of amides is 1. The zero-order valence-corrected chi connectivity index (χ0v) is 13.5. The van der Waals surface area contributed by atoms with Crippen LogP contribution in [0.4, 0.5) is 10.9 Å². The molecule has 1 atom stereocenters. The van der Waals surface area contributed by atoms with Crippen LogP contribution in [0.1, 0.15) is 29.9 Å². The number of thiazole rings is 1. The number of aromatic nitrogens is 1. The van der Waals surface area contributed by atoms with Gasteiger partial charge in [-0.3, -0.25) is 4.79 Å². The van der Waals surface area contributed by atoms with E-state index in [1.54, 1.807) is 11.8 Å². The van der Waals surface area contributed by atoms with Crippen molar-refractivity contribution in [2.75, 3.05) is 36.2 Å². The molecule has 0 aliphatic carbocycles. The molecule has 0 aliphatic rings. The van der Waals surface area contributed by atoms with Crippen molar-refractivity contribution in [1.29, 1.82) is 0 Å². The molecule has 0 bridgehead atoms. The molecule has 0 saturated carbocycles. The van der Waals surface area contributed by atoms with Crippen molar-refractivity contribution < 1.29 is 4.79 Å². The van der Waals surface area contributed by atoms with Crippen LogP contribution >= 0.6 is 23.1 Å². The van der Waals surface area contributed by atoms with Gasteiger partial charge in [0, 0.05) is 25.4 Å². The van der Waals surface area contributed by atoms with Crippen LogP contribution in [0.2, 0.25) is 0 Å². The van der Waals surface area contributed by atoms with Crippen LogP contribution in [-0.2, 0) is 0 Å². The first-order valence-corrected chi connectivity index (χ1v) is 8.51. The molecule has 1 amide bonds. The number of nitrogens with two attached hydrogens (primary N) is 1. The van der Waals surface area contributed by atoms with Crippen LogP contribution in [0.5, 0.6) is 0 Å². The zero-order chi connectivity index (χ0) is 14.4. The van der Waals surface area contributed by atoms with E-state index in [1.165, 1.54) is 11.3 Å². The molecular formula is C12H22N4OS2. The molecule has 0 fully saturated rings. The Labute approximate surface area is 123 Å². The van der Waals surface area contributed by atoms with Gasteiger partial charge in [-0.05, 0) is 19.6 Å². The summed E-state index contributed by atoms with van der Waals surface area (Å²) in [5.41, 5.74) is 5.83. The number of hydrogen-bond donors (Lipinski definition) is 2. The number of thioether (sulfide) groups is 1. The Morgan fingerprint density at radius 1 is 1.58 bits per heavy atom. The van der Waals surface area contributed by atoms with Gasteiger partial charge < -0.3 is 16.0 Å². The number of anilines is 2. The highest BCUT2D eigenvalue weighted by Crippen LogP contribution is 2.27. The first-order chi connectivity index (χ1) is 9.03. The van der Waals surface area contributed by atoms with Gasteiger partial charge in [0.05, 0.1) is 0 Å². The van der Waals surface area contributed by atoms with Gasteiger partial charge in [0.1, 0.15) is 10.7 Å². The van der Waals surface area contributed by atoms with E-state index in [0.29, 0.717) is 10.7 Å². The molecule has 0 aliphatic heterocycles. The molecule has 0 aromatic carbocycles. The highest BCUT2D eigenvalue weighted by atomic mass is 32.2. The molecule has 19 heavy (non-hydrogen) atoms. The standard InChI is InChI=1S/C12H22N4OS2/c1-5-8(7-18-4)14-11(17)9-10(13)15-12(19-9)16(3)6-2/h8H,5-7,13H2,1-4H3,(H,14,17). The summed E-state index contributed by atoms with van der Waals surface area (Å²) in [6.07, 6.45) is 2.94. The van der Waals surface area contributed by atoms with Gasteiger partial charge in [-0.1, -0.05) is 18.3 Å². The highest BCUT2D eigenvalue weighted by Gasteiger charge is 2.19. The number of nitrogen functional groups attached to an aromatic ring is 1. The van der Waals surface area contributed by atoms with Crippen molar-refractivity contribution in [1.82, 2.24) is 10.3 Å². The maximum atomic E-state index is 12.2. The topological polar surface area (TPSA) is 71.2 Å². The Morgan fingerprint density at radius 3 is 2.79 bits per heavy atom. The van der Waals surface area contributed by atoms with E-state index < -0.39 is 0 Å². The molecule has 0 spiro atoms. The normalized spacial score (nSPS) is 12.2. The summed E-state index contributed by atoms with van der Waals surface area (Å²) in [5, 5.41) is 3.79. The van der Waals surface area contributed by atoms with Crippen molar-refractivity contribution in [2.24, 2.45) is 0 Å². The van der Waals surface area contributed by atoms with Crippen molar-refractivity contribution in [3.63, 3.8) is 0 Å². The van der Waals surface area contributed by atoms with E-state index in [4.69, 9.17) is 5.73 Å². The van der Waals surface area contributed by atoms with Gasteiger partial charge >= 0.3 is 0 Å². The third-order valence-electron chi connectivity index (χ3n) is 2.85. The molecule has 5 nitrogen and oxygen atoms in total. The quantitative estimate of drug-likeness (QED) is 0.806. The molecule has 1 aromatic heterocycles. The molecular weight excluding hydrogens is 280 g/mol. The van der Waals surface area contributed by atoms with Crippen molar-refractivity contribution in [3.8, 4) is 0 Å². The number of nitrogens with zero attached hydrogens (tertiary/aromatic N) is 2. The number of nitrogens with one attached hydrogen (secondary N) is 1. The van der Waals surface area contributed by atoms with Crippen LogP contribution in [0.15, 0.2) is 0 Å². The molecule has 0 saturated heterocycles. The molecule has 1 aromatic rings. The molecule has 108 valence electrons. The third-order valence-corrected chi connectivity index (χ3v) is 4.76. The minimum absolute atomic E-state index is 0.119. The maximum absolute atomic E-state index is 12.2. The largest absolute Gasteiger partial charge is 0.382 e. The van der Waals surface area contributed by atoms with Crippen LogP contribution in [-0.4, -0.2) is 42.5 Å². The fourth-order valence-corrected chi connectivity index (χ4v) is 3.13. The fraction of sp³-hybridized carbons (Fsp3) is 0.667. The average Bonchev–Trinajstić information content (AvgIpc) is 2.79. The number of rotatable bonds is 7. The highest BCUT2D eigenvalue weighted by molar-refractivity contribution is 7.98. The lowest BCUT2D eigenvalue weighted by atomic mass is 10.2. The minimum atomic E-state index is -0.119. The van der Waals surface area contributed by atoms with Crippen LogP contribution in [0.25, 0.3) is 0 Å². The molecule has 1 rings (SSSR count). The summed E-state index contributed by atoms with van der Waals surface area (Å²) in [4.78, 5) is 18.9. The van der Waals surface area contributed by atoms with Crippen LogP contribution in [0, 0.1) is 0 Å². The summed E-state index contributed by atoms with van der Waals surface area (Å²) in [6, 6.07) is 0.177. The average molecular weight is 302 g/mol. The SMILES string of the molecule is CCC(CSC)NC(=O)c1sc(N(C)CC)nc1N. The fourth-order valence-electron chi connectivity index (χ4n) is 1.50. The second-order valence-corrected chi connectivity index (χ2v) is 6.15. The van der Waals surface area contributed by atoms with Gasteiger partial charge in [0.25, 0.3) is 5.91 Å². The van der Waals surface area contributed by atoms with Crippen molar-refractivity contribution >= 4 is 40.0 Å². The predicted molar refractivity (Wildman–Crippen MR) is 85.4 cm³/mol. The Balaban J connectivity index is 2.79. The summed E-state index contributed by atoms with van der Waals surface area (Å²) in [6.45, 7) is 4.93. The molecule has 3 N–H and O–H groups in total. The number of carbonyl (C=O) groups excluding carboxylic acids is 1. The van der Waals surface area contributed by atoms with E-state index in [2.05, 4.69) is 17.2 Å². The molecule has 1 heterocycles. The number of hydrogen-bond acceptors (Lipinski definition) is 6. The third kappa shape index (κ3) is 4.28. The van der Waals surface area contributed by atoms with Crippen LogP contribution < -0.4 is 16.0 Å². The lowest BCUT2D eigenvalue weighted by Crippen LogP contribution is -2.36. The Kier molecular flexibility index (Phi) is 6.44. The second-order valence-electron chi connectivity index (χ2n) is 4.26. The maximum Gasteiger partial charge on any atom is 0.265 e. The molecule has 7 heteroatoms. The summed E-state index contributed by atoms with van der Waals surface area (Å²) < 4.78 is 0. The monoisotopic (exact) mass is 302 g/mol. The number of carbonyl (C=O) groups is 1. The van der Waals surface area contributed by atoms with Crippen molar-refractivity contribution in [3.05, 3.63) is 4.88 Å². The van der Waals surface area contributed by atoms with E-state index in [9.17, 15) is 4.79 Å². The summed E-state index contributed by atoms with van der Waals surface area (Å²) in [7, 11) is 1.93. The van der Waals surface area contributed by atoms with E-state index in [-0.39, 0.29) is 11.9 Å². The Bertz CT molecular complexity index is 422. The van der Waals surface area contributed by atoms with Crippen molar-refractivity contribution in [2.45, 2.75) is 26.3 Å². The molecule has 0 radical (unpaired) electrons. The first-order valence-electron chi connectivity index (χ1n) is 6.30. The predicted octanol–water partition coefficient (Wildman–Crippen LogP) is 2.05. The van der Waals surface area contributed by atoms with Gasteiger partial charge in [-0.25, -0.2) is 4.98 Å². The lowest BCUT2D eigenvalue weighted by molar-refractivity contribution is 0.0945. The minimum Gasteiger partial charge on any atom is -0.382 e. The van der Waals surface area contributed by atoms with Gasteiger partial charge in [0.2, 0.25) is 0 Å². The smallest absolute Gasteiger partial charge is 0.265 e. The van der Waals surface area contributed by atoms with Gasteiger partial charge in [-0.15, -0.1) is 0 Å². The second kappa shape index (κ2) is 7.59. The van der Waals surface area contributed by atoms with Gasteiger partial charge in [0.15, 0.2) is 5.13 Å². The first kappa shape index (κ1) is 16.1. The summed E-state index contributed by atoms with van der Waals surface area (Å²) >= 11 is 3.06. The Morgan fingerprint density at radius 2 is 2.26 bits per heavy atom. The lowest BCUT2D eigenvalue weighted by Gasteiger charge is -2.15. The van der Waals surface area contributed by atoms with Gasteiger partial charge in [-0.2, -0.15) is 11.8 Å². The van der Waals surface area contributed by atoms with Crippen LogP contribution in [0.3, 0.4) is 0 Å². The van der Waals surface area contributed by atoms with E-state index in [0.717, 1.165) is 23.8 Å². The Hall–Kier alpha value is -0.950. The van der Waals surface area contributed by atoms with E-state index >= 15 is 0 Å². The summed E-state index contributed by atoms with van der Waals surface area (Å²) in [5.74, 6) is 1.10.